The number of piperidine rings is 1. The highest BCUT2D eigenvalue weighted by atomic mass is 35.5. The SMILES string of the molecule is OC1CN(CCc2cccc(Cl)c2F)CC(O)C1O. The third kappa shape index (κ3) is 3.43. The van der Waals surface area contributed by atoms with Crippen LogP contribution in [0.5, 0.6) is 0 Å². The molecule has 2 unspecified atom stereocenters. The predicted molar refractivity (Wildman–Crippen MR) is 69.6 cm³/mol. The fourth-order valence-corrected chi connectivity index (χ4v) is 2.47. The molecule has 1 aliphatic heterocycles. The minimum Gasteiger partial charge on any atom is -0.389 e. The Morgan fingerprint density at radius 3 is 2.47 bits per heavy atom. The van der Waals surface area contributed by atoms with E-state index in [9.17, 15) is 19.7 Å². The van der Waals surface area contributed by atoms with Gasteiger partial charge in [-0.05, 0) is 18.1 Å². The van der Waals surface area contributed by atoms with Crippen LogP contribution in [0.25, 0.3) is 0 Å². The number of hydrogen-bond donors (Lipinski definition) is 3. The summed E-state index contributed by atoms with van der Waals surface area (Å²) in [5.41, 5.74) is 0.502. The molecule has 0 radical (unpaired) electrons. The third-order valence-electron chi connectivity index (χ3n) is 3.41. The van der Waals surface area contributed by atoms with Crippen LogP contribution in [0.4, 0.5) is 4.39 Å². The summed E-state index contributed by atoms with van der Waals surface area (Å²) < 4.78 is 13.7. The molecule has 0 amide bonds. The number of nitrogens with zero attached hydrogens (tertiary/aromatic N) is 1. The van der Waals surface area contributed by atoms with Gasteiger partial charge in [0.1, 0.15) is 11.9 Å². The lowest BCUT2D eigenvalue weighted by Gasteiger charge is -2.36. The van der Waals surface area contributed by atoms with Gasteiger partial charge in [0.15, 0.2) is 0 Å². The number of likely N-dealkylation sites (tertiary alicyclic amines) is 1. The Bertz CT molecular complexity index is 434. The summed E-state index contributed by atoms with van der Waals surface area (Å²) in [6.07, 6.45) is -2.64. The summed E-state index contributed by atoms with van der Waals surface area (Å²) in [5.74, 6) is -0.428. The highest BCUT2D eigenvalue weighted by molar-refractivity contribution is 6.30. The van der Waals surface area contributed by atoms with Crippen molar-refractivity contribution in [3.63, 3.8) is 0 Å². The zero-order valence-corrected chi connectivity index (χ0v) is 11.1. The number of halogens is 2. The monoisotopic (exact) mass is 289 g/mol. The normalized spacial score (nSPS) is 28.6. The number of benzene rings is 1. The minimum atomic E-state index is -1.11. The Labute approximate surface area is 116 Å². The predicted octanol–water partition coefficient (Wildman–Crippen LogP) is 0.420. The molecule has 1 fully saturated rings. The number of aliphatic hydroxyl groups is 3. The number of rotatable bonds is 3. The quantitative estimate of drug-likeness (QED) is 0.755. The van der Waals surface area contributed by atoms with Crippen LogP contribution >= 0.6 is 11.6 Å². The average Bonchev–Trinajstić information content (AvgIpc) is 2.37. The van der Waals surface area contributed by atoms with Crippen molar-refractivity contribution in [1.82, 2.24) is 4.90 Å². The largest absolute Gasteiger partial charge is 0.389 e. The molecule has 106 valence electrons. The maximum Gasteiger partial charge on any atom is 0.145 e. The summed E-state index contributed by atoms with van der Waals surface area (Å²) in [5, 5.41) is 28.7. The van der Waals surface area contributed by atoms with E-state index in [0.717, 1.165) is 0 Å². The van der Waals surface area contributed by atoms with E-state index in [1.165, 1.54) is 6.07 Å². The van der Waals surface area contributed by atoms with Crippen molar-refractivity contribution in [1.29, 1.82) is 0 Å². The molecule has 1 aromatic carbocycles. The molecule has 0 aliphatic carbocycles. The molecule has 0 aromatic heterocycles. The van der Waals surface area contributed by atoms with Gasteiger partial charge in [-0.1, -0.05) is 23.7 Å². The Kier molecular flexibility index (Phi) is 4.76. The van der Waals surface area contributed by atoms with Gasteiger partial charge in [-0.3, -0.25) is 4.90 Å². The van der Waals surface area contributed by atoms with E-state index in [1.54, 1.807) is 17.0 Å². The van der Waals surface area contributed by atoms with Gasteiger partial charge in [-0.15, -0.1) is 0 Å². The molecule has 0 spiro atoms. The molecule has 1 heterocycles. The highest BCUT2D eigenvalue weighted by Gasteiger charge is 2.33. The van der Waals surface area contributed by atoms with Crippen LogP contribution in [0.15, 0.2) is 18.2 Å². The molecule has 1 saturated heterocycles. The van der Waals surface area contributed by atoms with Gasteiger partial charge in [0.2, 0.25) is 0 Å². The molecular weight excluding hydrogens is 273 g/mol. The molecule has 3 N–H and O–H groups in total. The van der Waals surface area contributed by atoms with Gasteiger partial charge in [0, 0.05) is 19.6 Å². The molecule has 0 saturated carbocycles. The van der Waals surface area contributed by atoms with Crippen molar-refractivity contribution in [3.8, 4) is 0 Å². The number of aliphatic hydroxyl groups excluding tert-OH is 3. The molecule has 2 rings (SSSR count). The lowest BCUT2D eigenvalue weighted by molar-refractivity contribution is -0.109. The van der Waals surface area contributed by atoms with Gasteiger partial charge in [0.25, 0.3) is 0 Å². The number of β-amino-alcohol motifs (C(OH)–C–C–N with tert-alkyl or cyclic N) is 2. The minimum absolute atomic E-state index is 0.0895. The zero-order chi connectivity index (χ0) is 14.0. The van der Waals surface area contributed by atoms with Crippen LogP contribution in [-0.2, 0) is 6.42 Å². The van der Waals surface area contributed by atoms with Crippen molar-refractivity contribution in [2.45, 2.75) is 24.7 Å². The lowest BCUT2D eigenvalue weighted by Crippen LogP contribution is -2.55. The summed E-state index contributed by atoms with van der Waals surface area (Å²) in [6.45, 7) is 1.01. The van der Waals surface area contributed by atoms with Gasteiger partial charge in [-0.2, -0.15) is 0 Å². The van der Waals surface area contributed by atoms with E-state index in [0.29, 0.717) is 18.5 Å². The van der Waals surface area contributed by atoms with Crippen LogP contribution in [0.1, 0.15) is 5.56 Å². The first-order valence-electron chi connectivity index (χ1n) is 6.18. The van der Waals surface area contributed by atoms with E-state index < -0.39 is 24.1 Å². The van der Waals surface area contributed by atoms with Gasteiger partial charge < -0.3 is 15.3 Å². The topological polar surface area (TPSA) is 63.9 Å². The maximum absolute atomic E-state index is 13.7. The second kappa shape index (κ2) is 6.15. The van der Waals surface area contributed by atoms with Crippen molar-refractivity contribution < 1.29 is 19.7 Å². The van der Waals surface area contributed by atoms with E-state index in [4.69, 9.17) is 11.6 Å². The highest BCUT2D eigenvalue weighted by Crippen LogP contribution is 2.19. The van der Waals surface area contributed by atoms with E-state index in [1.807, 2.05) is 0 Å². The van der Waals surface area contributed by atoms with Gasteiger partial charge in [-0.25, -0.2) is 4.39 Å². The average molecular weight is 290 g/mol. The molecule has 1 aliphatic rings. The van der Waals surface area contributed by atoms with E-state index >= 15 is 0 Å². The van der Waals surface area contributed by atoms with Crippen molar-refractivity contribution >= 4 is 11.6 Å². The van der Waals surface area contributed by atoms with Crippen LogP contribution in [0.2, 0.25) is 5.02 Å². The van der Waals surface area contributed by atoms with Crippen LogP contribution < -0.4 is 0 Å². The third-order valence-corrected chi connectivity index (χ3v) is 3.70. The molecular formula is C13H17ClFNO3. The zero-order valence-electron chi connectivity index (χ0n) is 10.3. The first kappa shape index (κ1) is 14.7. The van der Waals surface area contributed by atoms with Crippen LogP contribution in [-0.4, -0.2) is 58.2 Å². The summed E-state index contributed by atoms with van der Waals surface area (Å²) in [4.78, 5) is 1.79. The number of hydrogen-bond acceptors (Lipinski definition) is 4. The maximum atomic E-state index is 13.7. The fourth-order valence-electron chi connectivity index (χ4n) is 2.28. The standard InChI is InChI=1S/C13H17ClFNO3/c14-9-3-1-2-8(12(9)15)4-5-16-6-10(17)13(19)11(18)7-16/h1-3,10-11,13,17-19H,4-7H2. The fraction of sp³-hybridized carbons (Fsp3) is 0.538. The second-order valence-corrected chi connectivity index (χ2v) is 5.26. The Balaban J connectivity index is 1.94. The molecule has 4 nitrogen and oxygen atoms in total. The van der Waals surface area contributed by atoms with Gasteiger partial charge >= 0.3 is 0 Å². The van der Waals surface area contributed by atoms with E-state index in [-0.39, 0.29) is 18.1 Å². The Hall–Kier alpha value is -0.720. The lowest BCUT2D eigenvalue weighted by atomic mass is 10.0. The molecule has 6 heteroatoms. The summed E-state index contributed by atoms with van der Waals surface area (Å²) >= 11 is 5.70. The Morgan fingerprint density at radius 2 is 1.84 bits per heavy atom. The van der Waals surface area contributed by atoms with Crippen molar-refractivity contribution in [2.24, 2.45) is 0 Å². The van der Waals surface area contributed by atoms with Crippen molar-refractivity contribution in [3.05, 3.63) is 34.6 Å². The first-order chi connectivity index (χ1) is 8.99. The van der Waals surface area contributed by atoms with Gasteiger partial charge in [0.05, 0.1) is 17.2 Å². The summed E-state index contributed by atoms with van der Waals surface area (Å²) in [7, 11) is 0. The van der Waals surface area contributed by atoms with Crippen molar-refractivity contribution in [2.75, 3.05) is 19.6 Å². The molecule has 0 bridgehead atoms. The van der Waals surface area contributed by atoms with E-state index in [2.05, 4.69) is 0 Å². The van der Waals surface area contributed by atoms with Crippen LogP contribution in [0, 0.1) is 5.82 Å². The second-order valence-electron chi connectivity index (χ2n) is 4.85. The Morgan fingerprint density at radius 1 is 1.21 bits per heavy atom. The smallest absolute Gasteiger partial charge is 0.145 e. The first-order valence-corrected chi connectivity index (χ1v) is 6.56. The molecule has 1 aromatic rings. The molecule has 2 atom stereocenters. The molecule has 19 heavy (non-hydrogen) atoms. The van der Waals surface area contributed by atoms with Crippen LogP contribution in [0.3, 0.4) is 0 Å². The summed E-state index contributed by atoms with van der Waals surface area (Å²) in [6, 6.07) is 4.84.